The third-order valence-corrected chi connectivity index (χ3v) is 4.53. The summed E-state index contributed by atoms with van der Waals surface area (Å²) in [6.07, 6.45) is 4.84. The maximum atomic E-state index is 12.8. The fraction of sp³-hybridized carbons (Fsp3) is 0.0952. The van der Waals surface area contributed by atoms with Crippen LogP contribution in [0.1, 0.15) is 22.2 Å². The zero-order valence-corrected chi connectivity index (χ0v) is 16.0. The Morgan fingerprint density at radius 2 is 1.96 bits per heavy atom. The molecule has 0 fully saturated rings. The van der Waals surface area contributed by atoms with E-state index in [1.165, 1.54) is 11.3 Å². The highest BCUT2D eigenvalue weighted by Crippen LogP contribution is 2.17. The van der Waals surface area contributed by atoms with Gasteiger partial charge in [-0.05, 0) is 60.3 Å². The van der Waals surface area contributed by atoms with Crippen molar-refractivity contribution in [3.05, 3.63) is 82.4 Å². The van der Waals surface area contributed by atoms with Crippen molar-refractivity contribution in [3.8, 4) is 5.75 Å². The van der Waals surface area contributed by atoms with Gasteiger partial charge in [0, 0.05) is 18.1 Å². The summed E-state index contributed by atoms with van der Waals surface area (Å²) >= 11 is 1.30. The van der Waals surface area contributed by atoms with Crippen LogP contribution in [-0.2, 0) is 4.79 Å². The fourth-order valence-corrected chi connectivity index (χ4v) is 3.00. The zero-order valence-electron chi connectivity index (χ0n) is 15.2. The molecule has 0 bridgehead atoms. The molecule has 3 rings (SSSR count). The number of hydrogen-bond donors (Lipinski definition) is 2. The van der Waals surface area contributed by atoms with Gasteiger partial charge in [0.1, 0.15) is 11.4 Å². The van der Waals surface area contributed by atoms with Crippen LogP contribution in [0.4, 0.5) is 5.69 Å². The number of hydrogen-bond acceptors (Lipinski definition) is 5. The minimum absolute atomic E-state index is 0.125. The molecule has 0 aliphatic carbocycles. The van der Waals surface area contributed by atoms with E-state index < -0.39 is 5.91 Å². The molecule has 0 atom stereocenters. The largest absolute Gasteiger partial charge is 0.494 e. The highest BCUT2D eigenvalue weighted by molar-refractivity contribution is 7.12. The van der Waals surface area contributed by atoms with E-state index >= 15 is 0 Å². The fourth-order valence-electron chi connectivity index (χ4n) is 2.38. The minimum atomic E-state index is -0.432. The van der Waals surface area contributed by atoms with Gasteiger partial charge in [0.2, 0.25) is 0 Å². The molecule has 1 aromatic carbocycles. The number of carbonyl (C=O) groups excluding carboxylic acids is 2. The van der Waals surface area contributed by atoms with Gasteiger partial charge in [-0.25, -0.2) is 0 Å². The first kappa shape index (κ1) is 19.3. The number of carbonyl (C=O) groups is 2. The van der Waals surface area contributed by atoms with Crippen molar-refractivity contribution in [2.24, 2.45) is 0 Å². The Kier molecular flexibility index (Phi) is 6.54. The second kappa shape index (κ2) is 9.48. The standard InChI is InChI=1S/C21H19N3O3S/c1-2-27-17-9-7-16(8-10-17)23-20(25)18(13-15-5-3-11-22-14-15)24-21(26)19-6-4-12-28-19/h3-14H,2H2,1H3,(H,23,25)(H,24,26)/b18-13+. The van der Waals surface area contributed by atoms with Gasteiger partial charge in [-0.3, -0.25) is 14.6 Å². The van der Waals surface area contributed by atoms with Crippen LogP contribution in [0.25, 0.3) is 6.08 Å². The molecule has 28 heavy (non-hydrogen) atoms. The summed E-state index contributed by atoms with van der Waals surface area (Å²) in [6, 6.07) is 14.1. The van der Waals surface area contributed by atoms with Crippen molar-refractivity contribution >= 4 is 34.9 Å². The molecule has 2 heterocycles. The minimum Gasteiger partial charge on any atom is -0.494 e. The first-order valence-corrected chi connectivity index (χ1v) is 9.54. The molecule has 142 valence electrons. The van der Waals surface area contributed by atoms with E-state index in [2.05, 4.69) is 15.6 Å². The summed E-state index contributed by atoms with van der Waals surface area (Å²) in [4.78, 5) is 29.8. The number of benzene rings is 1. The van der Waals surface area contributed by atoms with Gasteiger partial charge < -0.3 is 15.4 Å². The summed E-state index contributed by atoms with van der Waals surface area (Å²) in [5, 5.41) is 7.28. The Morgan fingerprint density at radius 3 is 2.61 bits per heavy atom. The molecule has 0 spiro atoms. The Morgan fingerprint density at radius 1 is 1.14 bits per heavy atom. The van der Waals surface area contributed by atoms with Crippen LogP contribution in [0.2, 0.25) is 0 Å². The van der Waals surface area contributed by atoms with Crippen molar-refractivity contribution in [3.63, 3.8) is 0 Å². The van der Waals surface area contributed by atoms with Gasteiger partial charge in [-0.1, -0.05) is 12.1 Å². The second-order valence-electron chi connectivity index (χ2n) is 5.69. The number of nitrogens with one attached hydrogen (secondary N) is 2. The normalized spacial score (nSPS) is 11.0. The van der Waals surface area contributed by atoms with Crippen LogP contribution in [0.15, 0.2) is 72.0 Å². The van der Waals surface area contributed by atoms with Crippen molar-refractivity contribution in [2.45, 2.75) is 6.92 Å². The van der Waals surface area contributed by atoms with E-state index in [4.69, 9.17) is 4.74 Å². The smallest absolute Gasteiger partial charge is 0.272 e. The molecule has 0 saturated carbocycles. The van der Waals surface area contributed by atoms with Crippen LogP contribution in [0.5, 0.6) is 5.75 Å². The van der Waals surface area contributed by atoms with E-state index in [1.807, 2.05) is 6.92 Å². The third kappa shape index (κ3) is 5.28. The molecule has 0 unspecified atom stereocenters. The molecular formula is C21H19N3O3S. The van der Waals surface area contributed by atoms with Crippen LogP contribution in [0.3, 0.4) is 0 Å². The summed E-state index contributed by atoms with van der Waals surface area (Å²) in [6.45, 7) is 2.47. The van der Waals surface area contributed by atoms with E-state index in [-0.39, 0.29) is 11.6 Å². The number of thiophene rings is 1. The lowest BCUT2D eigenvalue weighted by Crippen LogP contribution is -2.30. The Bertz CT molecular complexity index is 952. The molecule has 2 N–H and O–H groups in total. The monoisotopic (exact) mass is 393 g/mol. The Hall–Kier alpha value is -3.45. The molecule has 3 aromatic rings. The maximum absolute atomic E-state index is 12.8. The lowest BCUT2D eigenvalue weighted by Gasteiger charge is -2.11. The number of rotatable bonds is 7. The van der Waals surface area contributed by atoms with E-state index in [1.54, 1.807) is 72.4 Å². The Labute approximate surface area is 166 Å². The SMILES string of the molecule is CCOc1ccc(NC(=O)/C(=C\c2cccnc2)NC(=O)c2cccs2)cc1. The second-order valence-corrected chi connectivity index (χ2v) is 6.64. The summed E-state index contributed by atoms with van der Waals surface area (Å²) < 4.78 is 5.40. The van der Waals surface area contributed by atoms with Gasteiger partial charge >= 0.3 is 0 Å². The first-order valence-electron chi connectivity index (χ1n) is 8.66. The van der Waals surface area contributed by atoms with E-state index in [0.29, 0.717) is 22.7 Å². The summed E-state index contributed by atoms with van der Waals surface area (Å²) in [5.41, 5.74) is 1.42. The topological polar surface area (TPSA) is 80.3 Å². The average Bonchev–Trinajstić information content (AvgIpc) is 3.25. The number of nitrogens with zero attached hydrogens (tertiary/aromatic N) is 1. The molecule has 0 radical (unpaired) electrons. The van der Waals surface area contributed by atoms with Crippen molar-refractivity contribution in [1.82, 2.24) is 10.3 Å². The lowest BCUT2D eigenvalue weighted by atomic mass is 10.2. The molecular weight excluding hydrogens is 374 g/mol. The van der Waals surface area contributed by atoms with Gasteiger partial charge in [0.25, 0.3) is 11.8 Å². The molecule has 6 nitrogen and oxygen atoms in total. The van der Waals surface area contributed by atoms with Crippen molar-refractivity contribution in [2.75, 3.05) is 11.9 Å². The number of pyridine rings is 1. The van der Waals surface area contributed by atoms with Gasteiger partial charge in [-0.2, -0.15) is 0 Å². The van der Waals surface area contributed by atoms with E-state index in [9.17, 15) is 9.59 Å². The molecule has 0 aliphatic heterocycles. The zero-order chi connectivity index (χ0) is 19.8. The van der Waals surface area contributed by atoms with Crippen LogP contribution >= 0.6 is 11.3 Å². The molecule has 2 aromatic heterocycles. The van der Waals surface area contributed by atoms with Crippen LogP contribution < -0.4 is 15.4 Å². The number of ether oxygens (including phenoxy) is 1. The quantitative estimate of drug-likeness (QED) is 0.596. The third-order valence-electron chi connectivity index (χ3n) is 3.66. The van der Waals surface area contributed by atoms with Gasteiger partial charge in [0.15, 0.2) is 0 Å². The lowest BCUT2D eigenvalue weighted by molar-refractivity contribution is -0.113. The number of anilines is 1. The summed E-state index contributed by atoms with van der Waals surface area (Å²) in [7, 11) is 0. The highest BCUT2D eigenvalue weighted by atomic mass is 32.1. The van der Waals surface area contributed by atoms with Crippen molar-refractivity contribution < 1.29 is 14.3 Å². The van der Waals surface area contributed by atoms with Gasteiger partial charge in [-0.15, -0.1) is 11.3 Å². The van der Waals surface area contributed by atoms with Crippen LogP contribution in [0, 0.1) is 0 Å². The van der Waals surface area contributed by atoms with Crippen LogP contribution in [-0.4, -0.2) is 23.4 Å². The number of aromatic nitrogens is 1. The van der Waals surface area contributed by atoms with Gasteiger partial charge in [0.05, 0.1) is 11.5 Å². The van der Waals surface area contributed by atoms with E-state index in [0.717, 1.165) is 5.75 Å². The molecule has 7 heteroatoms. The highest BCUT2D eigenvalue weighted by Gasteiger charge is 2.15. The molecule has 2 amide bonds. The predicted molar refractivity (Wildman–Crippen MR) is 110 cm³/mol. The first-order chi connectivity index (χ1) is 13.7. The summed E-state index contributed by atoms with van der Waals surface area (Å²) in [5.74, 6) is -0.0532. The molecule has 0 aliphatic rings. The average molecular weight is 393 g/mol. The Balaban J connectivity index is 1.80. The number of amides is 2. The molecule has 0 saturated heterocycles. The maximum Gasteiger partial charge on any atom is 0.272 e. The van der Waals surface area contributed by atoms with Crippen molar-refractivity contribution in [1.29, 1.82) is 0 Å². The predicted octanol–water partition coefficient (Wildman–Crippen LogP) is 3.95.